The van der Waals surface area contributed by atoms with Gasteiger partial charge in [0.25, 0.3) is 0 Å². The van der Waals surface area contributed by atoms with Crippen molar-refractivity contribution in [2.24, 2.45) is 11.3 Å². The van der Waals surface area contributed by atoms with E-state index in [0.717, 1.165) is 25.7 Å². The Morgan fingerprint density at radius 3 is 2.56 bits per heavy atom. The van der Waals surface area contributed by atoms with Crippen LogP contribution in [-0.2, 0) is 4.79 Å². The van der Waals surface area contributed by atoms with E-state index in [9.17, 15) is 4.79 Å². The molecular formula is C14H27NO3. The van der Waals surface area contributed by atoms with Crippen molar-refractivity contribution in [2.45, 2.75) is 65.0 Å². The van der Waals surface area contributed by atoms with E-state index >= 15 is 0 Å². The molecule has 0 amide bonds. The molecule has 1 fully saturated rings. The molecule has 0 heterocycles. The monoisotopic (exact) mass is 257 g/mol. The highest BCUT2D eigenvalue weighted by Crippen LogP contribution is 2.28. The van der Waals surface area contributed by atoms with Crippen LogP contribution in [0.5, 0.6) is 0 Å². The first kappa shape index (κ1) is 15.4. The lowest BCUT2D eigenvalue weighted by molar-refractivity contribution is -0.143. The number of rotatable bonds is 5. The molecule has 3 unspecified atom stereocenters. The van der Waals surface area contributed by atoms with Gasteiger partial charge in [-0.15, -0.1) is 0 Å². The first-order valence-electron chi connectivity index (χ1n) is 6.94. The number of aliphatic hydroxyl groups excluding tert-OH is 1. The van der Waals surface area contributed by atoms with Gasteiger partial charge in [0.05, 0.1) is 5.92 Å². The third-order valence-corrected chi connectivity index (χ3v) is 3.92. The summed E-state index contributed by atoms with van der Waals surface area (Å²) < 4.78 is 0. The molecule has 4 nitrogen and oxygen atoms in total. The normalized spacial score (nSPS) is 26.9. The number of carboxylic acid groups (broad SMARTS) is 1. The van der Waals surface area contributed by atoms with Crippen LogP contribution >= 0.6 is 0 Å². The Balaban J connectivity index is 2.55. The number of hydrogen-bond acceptors (Lipinski definition) is 3. The summed E-state index contributed by atoms with van der Waals surface area (Å²) in [4.78, 5) is 11.0. The average molecular weight is 257 g/mol. The van der Waals surface area contributed by atoms with Crippen molar-refractivity contribution in [3.05, 3.63) is 0 Å². The van der Waals surface area contributed by atoms with Gasteiger partial charge in [0, 0.05) is 18.7 Å². The summed E-state index contributed by atoms with van der Waals surface area (Å²) >= 11 is 0. The molecule has 0 aliphatic heterocycles. The van der Waals surface area contributed by atoms with Crippen molar-refractivity contribution < 1.29 is 15.0 Å². The predicted molar refractivity (Wildman–Crippen MR) is 71.5 cm³/mol. The van der Waals surface area contributed by atoms with Crippen molar-refractivity contribution in [1.82, 2.24) is 5.32 Å². The van der Waals surface area contributed by atoms with Crippen molar-refractivity contribution in [1.29, 1.82) is 0 Å². The summed E-state index contributed by atoms with van der Waals surface area (Å²) in [7, 11) is 0. The molecule has 1 aliphatic rings. The van der Waals surface area contributed by atoms with Gasteiger partial charge >= 0.3 is 5.97 Å². The summed E-state index contributed by atoms with van der Waals surface area (Å²) in [5, 5.41) is 21.8. The lowest BCUT2D eigenvalue weighted by atomic mass is 9.81. The molecule has 1 rings (SSSR count). The van der Waals surface area contributed by atoms with Crippen LogP contribution < -0.4 is 5.32 Å². The minimum atomic E-state index is -0.670. The zero-order valence-corrected chi connectivity index (χ0v) is 11.8. The zero-order chi connectivity index (χ0) is 13.8. The standard InChI is InChI=1S/C14H27NO3/c1-14(2,3)12(7-8-16)15-11-6-4-5-10(9-11)13(17)18/h10-12,15-16H,4-9H2,1-3H3,(H,17,18). The van der Waals surface area contributed by atoms with Crippen LogP contribution in [0.4, 0.5) is 0 Å². The van der Waals surface area contributed by atoms with Crippen molar-refractivity contribution >= 4 is 5.97 Å². The van der Waals surface area contributed by atoms with Gasteiger partial charge in [0.2, 0.25) is 0 Å². The maximum absolute atomic E-state index is 11.0. The van der Waals surface area contributed by atoms with Gasteiger partial charge < -0.3 is 15.5 Å². The second-order valence-electron chi connectivity index (χ2n) is 6.50. The van der Waals surface area contributed by atoms with E-state index in [1.807, 2.05) is 0 Å². The second-order valence-corrected chi connectivity index (χ2v) is 6.50. The third-order valence-electron chi connectivity index (χ3n) is 3.92. The first-order chi connectivity index (χ1) is 8.34. The van der Waals surface area contributed by atoms with Gasteiger partial charge in [0.15, 0.2) is 0 Å². The van der Waals surface area contributed by atoms with E-state index in [1.165, 1.54) is 0 Å². The maximum atomic E-state index is 11.0. The fourth-order valence-corrected chi connectivity index (χ4v) is 2.75. The SMILES string of the molecule is CC(C)(C)C(CCO)NC1CCCC(C(=O)O)C1. The molecule has 3 atom stereocenters. The number of nitrogens with one attached hydrogen (secondary N) is 1. The molecular weight excluding hydrogens is 230 g/mol. The summed E-state index contributed by atoms with van der Waals surface area (Å²) in [6.07, 6.45) is 4.26. The number of aliphatic carboxylic acids is 1. The number of aliphatic hydroxyl groups is 1. The fraction of sp³-hybridized carbons (Fsp3) is 0.929. The maximum Gasteiger partial charge on any atom is 0.306 e. The van der Waals surface area contributed by atoms with Crippen molar-refractivity contribution in [3.8, 4) is 0 Å². The quantitative estimate of drug-likeness (QED) is 0.704. The molecule has 0 saturated heterocycles. The molecule has 1 aliphatic carbocycles. The number of carbonyl (C=O) groups is 1. The number of carboxylic acids is 1. The molecule has 0 aromatic rings. The van der Waals surface area contributed by atoms with Crippen molar-refractivity contribution in [2.75, 3.05) is 6.61 Å². The molecule has 18 heavy (non-hydrogen) atoms. The van der Waals surface area contributed by atoms with Gasteiger partial charge in [-0.1, -0.05) is 27.2 Å². The predicted octanol–water partition coefficient (Wildman–Crippen LogP) is 2.02. The Kier molecular flexibility index (Phi) is 5.60. The van der Waals surface area contributed by atoms with E-state index in [4.69, 9.17) is 10.2 Å². The summed E-state index contributed by atoms with van der Waals surface area (Å²) in [6, 6.07) is 0.510. The highest BCUT2D eigenvalue weighted by Gasteiger charge is 2.31. The van der Waals surface area contributed by atoms with Gasteiger partial charge in [-0.25, -0.2) is 0 Å². The van der Waals surface area contributed by atoms with E-state index in [1.54, 1.807) is 0 Å². The molecule has 0 radical (unpaired) electrons. The minimum Gasteiger partial charge on any atom is -0.481 e. The van der Waals surface area contributed by atoms with Gasteiger partial charge in [-0.3, -0.25) is 4.79 Å². The highest BCUT2D eigenvalue weighted by atomic mass is 16.4. The van der Waals surface area contributed by atoms with E-state index in [0.29, 0.717) is 6.42 Å². The Bertz CT molecular complexity index is 273. The fourth-order valence-electron chi connectivity index (χ4n) is 2.75. The van der Waals surface area contributed by atoms with Crippen LogP contribution in [0.25, 0.3) is 0 Å². The summed E-state index contributed by atoms with van der Waals surface area (Å²) in [5.41, 5.74) is 0.0822. The summed E-state index contributed by atoms with van der Waals surface area (Å²) in [5.74, 6) is -0.873. The van der Waals surface area contributed by atoms with Crippen LogP contribution in [0.2, 0.25) is 0 Å². The lowest BCUT2D eigenvalue weighted by Crippen LogP contribution is -2.48. The third kappa shape index (κ3) is 4.58. The molecule has 106 valence electrons. The van der Waals surface area contributed by atoms with Crippen LogP contribution in [0.15, 0.2) is 0 Å². The molecule has 0 bridgehead atoms. The minimum absolute atomic E-state index is 0.0822. The first-order valence-corrected chi connectivity index (χ1v) is 6.94. The smallest absolute Gasteiger partial charge is 0.306 e. The highest BCUT2D eigenvalue weighted by molar-refractivity contribution is 5.70. The Morgan fingerprint density at radius 1 is 1.39 bits per heavy atom. The van der Waals surface area contributed by atoms with E-state index < -0.39 is 5.97 Å². The molecule has 0 aromatic carbocycles. The molecule has 1 saturated carbocycles. The van der Waals surface area contributed by atoms with Crippen molar-refractivity contribution in [3.63, 3.8) is 0 Å². The Labute approximate surface area is 110 Å². The largest absolute Gasteiger partial charge is 0.481 e. The van der Waals surface area contributed by atoms with Gasteiger partial charge in [-0.2, -0.15) is 0 Å². The van der Waals surface area contributed by atoms with Crippen LogP contribution in [0.1, 0.15) is 52.9 Å². The lowest BCUT2D eigenvalue weighted by Gasteiger charge is -2.37. The topological polar surface area (TPSA) is 69.6 Å². The van der Waals surface area contributed by atoms with Crippen LogP contribution in [0, 0.1) is 11.3 Å². The Morgan fingerprint density at radius 2 is 2.06 bits per heavy atom. The Hall–Kier alpha value is -0.610. The molecule has 3 N–H and O–H groups in total. The number of hydrogen-bond donors (Lipinski definition) is 3. The second kappa shape index (κ2) is 6.53. The molecule has 0 aromatic heterocycles. The average Bonchev–Trinajstić information content (AvgIpc) is 2.27. The summed E-state index contributed by atoms with van der Waals surface area (Å²) in [6.45, 7) is 6.62. The van der Waals surface area contributed by atoms with E-state index in [-0.39, 0.29) is 30.0 Å². The van der Waals surface area contributed by atoms with Gasteiger partial charge in [-0.05, 0) is 31.1 Å². The van der Waals surface area contributed by atoms with Crippen LogP contribution in [-0.4, -0.2) is 34.9 Å². The molecule has 0 spiro atoms. The van der Waals surface area contributed by atoms with Crippen LogP contribution in [0.3, 0.4) is 0 Å². The van der Waals surface area contributed by atoms with Gasteiger partial charge in [0.1, 0.15) is 0 Å². The van der Waals surface area contributed by atoms with E-state index in [2.05, 4.69) is 26.1 Å². The molecule has 4 heteroatoms. The zero-order valence-electron chi connectivity index (χ0n) is 11.8.